The van der Waals surface area contributed by atoms with Crippen molar-refractivity contribution in [3.05, 3.63) is 64.4 Å². The number of benzene rings is 2. The zero-order valence-electron chi connectivity index (χ0n) is 13.1. The number of anilines is 2. The largest absolute Gasteiger partial charge is 0.508 e. The molecule has 0 unspecified atom stereocenters. The third-order valence-corrected chi connectivity index (χ3v) is 3.83. The minimum atomic E-state index is -0.544. The van der Waals surface area contributed by atoms with Crippen LogP contribution in [-0.4, -0.2) is 15.6 Å². The smallest absolute Gasteiger partial charge is 0.261 e. The molecule has 1 heterocycles. The first-order valence-corrected chi connectivity index (χ1v) is 7.53. The summed E-state index contributed by atoms with van der Waals surface area (Å²) in [7, 11) is 0. The van der Waals surface area contributed by atoms with Crippen LogP contribution in [0.3, 0.4) is 0 Å². The number of amides is 1. The number of fused-ring (bicyclic) bond motifs is 1. The van der Waals surface area contributed by atoms with Gasteiger partial charge in [-0.15, -0.1) is 0 Å². The number of aromatic hydroxyl groups is 1. The molecule has 6 heteroatoms. The Morgan fingerprint density at radius 2 is 2.00 bits per heavy atom. The van der Waals surface area contributed by atoms with E-state index >= 15 is 0 Å². The van der Waals surface area contributed by atoms with Crippen LogP contribution in [0.15, 0.2) is 53.5 Å². The molecule has 4 N–H and O–H groups in total. The van der Waals surface area contributed by atoms with E-state index in [9.17, 15) is 14.7 Å². The standard InChI is InChI=1S/C18H17N3O3/c1-2-21-10-13(17(23)16-14(19)7-4-8-15(16)21)18(24)20-11-5-3-6-12(22)9-11/h3-10,22H,2,19H2,1H3,(H,20,24). The van der Waals surface area contributed by atoms with Gasteiger partial charge in [0.25, 0.3) is 5.91 Å². The summed E-state index contributed by atoms with van der Waals surface area (Å²) in [5, 5.41) is 12.4. The van der Waals surface area contributed by atoms with Crippen molar-refractivity contribution in [1.29, 1.82) is 0 Å². The van der Waals surface area contributed by atoms with Crippen LogP contribution in [0.25, 0.3) is 10.9 Å². The maximum absolute atomic E-state index is 12.7. The summed E-state index contributed by atoms with van der Waals surface area (Å²) in [6.07, 6.45) is 1.53. The fraction of sp³-hybridized carbons (Fsp3) is 0.111. The lowest BCUT2D eigenvalue weighted by molar-refractivity contribution is 0.102. The van der Waals surface area contributed by atoms with Gasteiger partial charge < -0.3 is 20.7 Å². The highest BCUT2D eigenvalue weighted by Crippen LogP contribution is 2.20. The second kappa shape index (κ2) is 6.08. The number of carbonyl (C=O) groups excluding carboxylic acids is 1. The second-order valence-electron chi connectivity index (χ2n) is 5.40. The first-order chi connectivity index (χ1) is 11.5. The average molecular weight is 323 g/mol. The van der Waals surface area contributed by atoms with E-state index in [-0.39, 0.29) is 11.3 Å². The SMILES string of the molecule is CCn1cc(C(=O)Nc2cccc(O)c2)c(=O)c2c(N)cccc21. The Kier molecular flexibility index (Phi) is 3.95. The van der Waals surface area contributed by atoms with Crippen LogP contribution in [0, 0.1) is 0 Å². The van der Waals surface area contributed by atoms with E-state index < -0.39 is 11.3 Å². The quantitative estimate of drug-likeness (QED) is 0.645. The molecule has 0 fully saturated rings. The molecule has 24 heavy (non-hydrogen) atoms. The van der Waals surface area contributed by atoms with Crippen LogP contribution in [0.5, 0.6) is 5.75 Å². The molecule has 0 radical (unpaired) electrons. The molecular weight excluding hydrogens is 306 g/mol. The Morgan fingerprint density at radius 1 is 1.25 bits per heavy atom. The summed E-state index contributed by atoms with van der Waals surface area (Å²) >= 11 is 0. The summed E-state index contributed by atoms with van der Waals surface area (Å²) < 4.78 is 1.81. The number of pyridine rings is 1. The molecule has 1 aromatic heterocycles. The van der Waals surface area contributed by atoms with E-state index in [0.29, 0.717) is 28.8 Å². The second-order valence-corrected chi connectivity index (χ2v) is 5.40. The normalized spacial score (nSPS) is 10.7. The van der Waals surface area contributed by atoms with Gasteiger partial charge in [0.1, 0.15) is 11.3 Å². The molecule has 3 aromatic rings. The van der Waals surface area contributed by atoms with Crippen molar-refractivity contribution >= 4 is 28.2 Å². The van der Waals surface area contributed by atoms with Gasteiger partial charge in [0.2, 0.25) is 5.43 Å². The molecule has 6 nitrogen and oxygen atoms in total. The molecule has 0 saturated carbocycles. The van der Waals surface area contributed by atoms with E-state index in [1.54, 1.807) is 30.3 Å². The number of nitrogen functional groups attached to an aromatic ring is 1. The average Bonchev–Trinajstić information content (AvgIpc) is 2.55. The first-order valence-electron chi connectivity index (χ1n) is 7.53. The van der Waals surface area contributed by atoms with Gasteiger partial charge in [-0.2, -0.15) is 0 Å². The van der Waals surface area contributed by atoms with Crippen molar-refractivity contribution in [3.8, 4) is 5.75 Å². The fourth-order valence-corrected chi connectivity index (χ4v) is 2.67. The van der Waals surface area contributed by atoms with Gasteiger partial charge in [-0.05, 0) is 31.2 Å². The Bertz CT molecular complexity index is 992. The molecule has 0 bridgehead atoms. The molecule has 0 spiro atoms. The van der Waals surface area contributed by atoms with Gasteiger partial charge >= 0.3 is 0 Å². The monoisotopic (exact) mass is 323 g/mol. The zero-order valence-corrected chi connectivity index (χ0v) is 13.1. The molecular formula is C18H17N3O3. The maximum Gasteiger partial charge on any atom is 0.261 e. The van der Waals surface area contributed by atoms with Crippen LogP contribution in [0.2, 0.25) is 0 Å². The number of nitrogens with two attached hydrogens (primary N) is 1. The van der Waals surface area contributed by atoms with Gasteiger partial charge in [0, 0.05) is 30.2 Å². The highest BCUT2D eigenvalue weighted by molar-refractivity contribution is 6.06. The molecule has 3 rings (SSSR count). The summed E-state index contributed by atoms with van der Waals surface area (Å²) in [5.41, 5.74) is 6.97. The maximum atomic E-state index is 12.7. The molecule has 2 aromatic carbocycles. The number of phenols is 1. The first kappa shape index (κ1) is 15.6. The van der Waals surface area contributed by atoms with Gasteiger partial charge in [0.05, 0.1) is 10.9 Å². The number of nitrogens with zero attached hydrogens (tertiary/aromatic N) is 1. The highest BCUT2D eigenvalue weighted by atomic mass is 16.3. The van der Waals surface area contributed by atoms with Crippen LogP contribution >= 0.6 is 0 Å². The van der Waals surface area contributed by atoms with Crippen LogP contribution in [-0.2, 0) is 6.54 Å². The van der Waals surface area contributed by atoms with Crippen molar-refractivity contribution in [2.75, 3.05) is 11.1 Å². The van der Waals surface area contributed by atoms with E-state index in [4.69, 9.17) is 5.73 Å². The fourth-order valence-electron chi connectivity index (χ4n) is 2.67. The van der Waals surface area contributed by atoms with Gasteiger partial charge in [-0.25, -0.2) is 0 Å². The lowest BCUT2D eigenvalue weighted by Crippen LogP contribution is -2.24. The van der Waals surface area contributed by atoms with Crippen molar-refractivity contribution in [2.45, 2.75) is 13.5 Å². The molecule has 1 amide bonds. The minimum Gasteiger partial charge on any atom is -0.508 e. The molecule has 0 aliphatic carbocycles. The third-order valence-electron chi connectivity index (χ3n) is 3.83. The number of phenolic OH excluding ortho intramolecular Hbond substituents is 1. The van der Waals surface area contributed by atoms with Crippen molar-refractivity contribution in [3.63, 3.8) is 0 Å². The Labute approximate surface area is 138 Å². The molecule has 122 valence electrons. The minimum absolute atomic E-state index is 0.00518. The van der Waals surface area contributed by atoms with Crippen LogP contribution in [0.4, 0.5) is 11.4 Å². The van der Waals surface area contributed by atoms with E-state index in [1.165, 1.54) is 18.3 Å². The Balaban J connectivity index is 2.12. The summed E-state index contributed by atoms with van der Waals surface area (Å²) in [4.78, 5) is 25.2. The molecule has 0 aliphatic rings. The topological polar surface area (TPSA) is 97.4 Å². The lowest BCUT2D eigenvalue weighted by Gasteiger charge is -2.13. The van der Waals surface area contributed by atoms with Gasteiger partial charge in [-0.3, -0.25) is 9.59 Å². The highest BCUT2D eigenvalue weighted by Gasteiger charge is 2.17. The predicted octanol–water partition coefficient (Wildman–Crippen LogP) is 2.56. The van der Waals surface area contributed by atoms with Gasteiger partial charge in [0.15, 0.2) is 0 Å². The molecule has 0 atom stereocenters. The van der Waals surface area contributed by atoms with Crippen LogP contribution in [0.1, 0.15) is 17.3 Å². The number of aryl methyl sites for hydroxylation is 1. The molecule has 0 saturated heterocycles. The van der Waals surface area contributed by atoms with Crippen molar-refractivity contribution < 1.29 is 9.90 Å². The zero-order chi connectivity index (χ0) is 17.3. The number of hydrogen-bond donors (Lipinski definition) is 3. The van der Waals surface area contributed by atoms with E-state index in [1.807, 2.05) is 11.5 Å². The third kappa shape index (κ3) is 2.69. The summed E-state index contributed by atoms with van der Waals surface area (Å²) in [5.74, 6) is -0.514. The number of rotatable bonds is 3. The lowest BCUT2D eigenvalue weighted by atomic mass is 10.1. The Hall–Kier alpha value is -3.28. The van der Waals surface area contributed by atoms with Crippen molar-refractivity contribution in [2.24, 2.45) is 0 Å². The van der Waals surface area contributed by atoms with E-state index in [2.05, 4.69) is 5.32 Å². The van der Waals surface area contributed by atoms with Crippen molar-refractivity contribution in [1.82, 2.24) is 4.57 Å². The predicted molar refractivity (Wildman–Crippen MR) is 94.4 cm³/mol. The molecule has 0 aliphatic heterocycles. The number of carbonyl (C=O) groups is 1. The van der Waals surface area contributed by atoms with Crippen LogP contribution < -0.4 is 16.5 Å². The number of nitrogens with one attached hydrogen (secondary N) is 1. The summed E-state index contributed by atoms with van der Waals surface area (Å²) in [6.45, 7) is 2.51. The van der Waals surface area contributed by atoms with Gasteiger partial charge in [-0.1, -0.05) is 12.1 Å². The number of aromatic nitrogens is 1. The number of hydrogen-bond acceptors (Lipinski definition) is 4. The Morgan fingerprint density at radius 3 is 2.71 bits per heavy atom. The summed E-state index contributed by atoms with van der Waals surface area (Å²) in [6, 6.07) is 11.4. The van der Waals surface area contributed by atoms with E-state index in [0.717, 1.165) is 0 Å².